The molecule has 0 radical (unpaired) electrons. The van der Waals surface area contributed by atoms with Gasteiger partial charge in [-0.3, -0.25) is 4.72 Å². The highest BCUT2D eigenvalue weighted by molar-refractivity contribution is 7.93. The molecule has 0 atom stereocenters. The molecule has 1 fully saturated rings. The molecule has 27 heavy (non-hydrogen) atoms. The van der Waals surface area contributed by atoms with Crippen molar-refractivity contribution in [3.8, 4) is 16.5 Å². The lowest BCUT2D eigenvalue weighted by atomic mass is 10.3. The first kappa shape index (κ1) is 18.3. The monoisotopic (exact) mass is 425 g/mol. The molecule has 1 saturated carbocycles. The lowest BCUT2D eigenvalue weighted by Crippen LogP contribution is -2.13. The summed E-state index contributed by atoms with van der Waals surface area (Å²) in [6.07, 6.45) is 2.10. The Balaban J connectivity index is 1.66. The second-order valence-corrected chi connectivity index (χ2v) is 9.56. The number of nitrogens with zero attached hydrogens (tertiary/aromatic N) is 2. The molecule has 10 heteroatoms. The van der Waals surface area contributed by atoms with Gasteiger partial charge in [0, 0.05) is 15.8 Å². The summed E-state index contributed by atoms with van der Waals surface area (Å²) in [6.45, 7) is 1.74. The number of aryl methyl sites for hydroxylation is 1. The summed E-state index contributed by atoms with van der Waals surface area (Å²) >= 11 is 7.28. The minimum absolute atomic E-state index is 0.155. The predicted molar refractivity (Wildman–Crippen MR) is 103 cm³/mol. The number of hydrogen-bond acceptors (Lipinski definition) is 7. The molecule has 0 amide bonds. The van der Waals surface area contributed by atoms with Crippen LogP contribution in [0.1, 0.15) is 29.5 Å². The van der Waals surface area contributed by atoms with Crippen molar-refractivity contribution >= 4 is 38.6 Å². The highest BCUT2D eigenvalue weighted by atomic mass is 35.5. The molecule has 1 aliphatic carbocycles. The fourth-order valence-corrected chi connectivity index (χ4v) is 5.39. The van der Waals surface area contributed by atoms with Crippen LogP contribution in [-0.4, -0.2) is 25.7 Å². The molecule has 1 N–H and O–H groups in total. The van der Waals surface area contributed by atoms with Crippen molar-refractivity contribution in [2.24, 2.45) is 0 Å². The van der Waals surface area contributed by atoms with Gasteiger partial charge in [0.2, 0.25) is 11.7 Å². The number of aromatic nitrogens is 2. The molecular formula is C17H16ClN3O4S2. The lowest BCUT2D eigenvalue weighted by molar-refractivity contribution is 0.380. The number of rotatable bonds is 6. The van der Waals surface area contributed by atoms with Crippen LogP contribution in [0, 0.1) is 6.92 Å². The summed E-state index contributed by atoms with van der Waals surface area (Å²) in [5.74, 6) is 1.74. The SMILES string of the molecule is COc1ccc(Cl)cc1NS(=O)(=O)c1cc(-c2noc(C3CC3)n2)sc1C. The maximum absolute atomic E-state index is 12.9. The van der Waals surface area contributed by atoms with E-state index in [2.05, 4.69) is 14.9 Å². The number of halogens is 1. The first-order chi connectivity index (χ1) is 12.9. The first-order valence-electron chi connectivity index (χ1n) is 8.18. The van der Waals surface area contributed by atoms with E-state index in [4.69, 9.17) is 20.9 Å². The zero-order chi connectivity index (χ0) is 19.2. The van der Waals surface area contributed by atoms with Gasteiger partial charge in [0.15, 0.2) is 0 Å². The van der Waals surface area contributed by atoms with Gasteiger partial charge < -0.3 is 9.26 Å². The van der Waals surface area contributed by atoms with Gasteiger partial charge in [0.25, 0.3) is 10.0 Å². The van der Waals surface area contributed by atoms with Crippen LogP contribution in [0.4, 0.5) is 5.69 Å². The van der Waals surface area contributed by atoms with Gasteiger partial charge >= 0.3 is 0 Å². The maximum Gasteiger partial charge on any atom is 0.263 e. The van der Waals surface area contributed by atoms with Crippen LogP contribution in [0.2, 0.25) is 5.02 Å². The molecule has 0 bridgehead atoms. The average Bonchev–Trinajstić information content (AvgIpc) is 3.20. The highest BCUT2D eigenvalue weighted by Crippen LogP contribution is 2.41. The molecule has 4 rings (SSSR count). The van der Waals surface area contributed by atoms with Crippen LogP contribution in [0.3, 0.4) is 0 Å². The van der Waals surface area contributed by atoms with E-state index in [0.717, 1.165) is 12.8 Å². The quantitative estimate of drug-likeness (QED) is 0.627. The van der Waals surface area contributed by atoms with Crippen molar-refractivity contribution in [3.63, 3.8) is 0 Å². The van der Waals surface area contributed by atoms with Gasteiger partial charge in [-0.05, 0) is 44.0 Å². The Hall–Kier alpha value is -2.10. The van der Waals surface area contributed by atoms with E-state index in [0.29, 0.717) is 38.2 Å². The third-order valence-electron chi connectivity index (χ3n) is 4.16. The van der Waals surface area contributed by atoms with Crippen molar-refractivity contribution in [1.29, 1.82) is 0 Å². The molecule has 1 aliphatic rings. The molecule has 7 nitrogen and oxygen atoms in total. The number of sulfonamides is 1. The van der Waals surface area contributed by atoms with E-state index in [1.807, 2.05) is 0 Å². The fraction of sp³-hybridized carbons (Fsp3) is 0.294. The van der Waals surface area contributed by atoms with Crippen LogP contribution in [0.15, 0.2) is 33.7 Å². The zero-order valence-electron chi connectivity index (χ0n) is 14.5. The molecule has 142 valence electrons. The fourth-order valence-electron chi connectivity index (χ4n) is 2.63. The first-order valence-corrected chi connectivity index (χ1v) is 10.9. The van der Waals surface area contributed by atoms with Crippen LogP contribution in [0.25, 0.3) is 10.7 Å². The Labute approximate surface area is 165 Å². The Morgan fingerprint density at radius 2 is 2.11 bits per heavy atom. The van der Waals surface area contributed by atoms with E-state index in [1.165, 1.54) is 24.5 Å². The van der Waals surface area contributed by atoms with E-state index in [9.17, 15) is 8.42 Å². The molecule has 0 spiro atoms. The number of anilines is 1. The lowest BCUT2D eigenvalue weighted by Gasteiger charge is -2.12. The van der Waals surface area contributed by atoms with Crippen LogP contribution >= 0.6 is 22.9 Å². The Bertz CT molecular complexity index is 1100. The van der Waals surface area contributed by atoms with E-state index < -0.39 is 10.0 Å². The summed E-state index contributed by atoms with van der Waals surface area (Å²) in [5.41, 5.74) is 0.271. The van der Waals surface area contributed by atoms with Gasteiger partial charge in [-0.25, -0.2) is 8.42 Å². The number of benzene rings is 1. The molecule has 0 unspecified atom stereocenters. The Kier molecular flexibility index (Phi) is 4.61. The maximum atomic E-state index is 12.9. The topological polar surface area (TPSA) is 94.3 Å². The van der Waals surface area contributed by atoms with E-state index >= 15 is 0 Å². The van der Waals surface area contributed by atoms with Gasteiger partial charge in [-0.2, -0.15) is 4.98 Å². The van der Waals surface area contributed by atoms with Gasteiger partial charge in [-0.15, -0.1) is 11.3 Å². The number of ether oxygens (including phenoxy) is 1. The standard InChI is InChI=1S/C17H16ClN3O4S2/c1-9-15(8-14(26-9)16-19-17(25-20-16)10-3-4-10)27(22,23)21-12-7-11(18)5-6-13(12)24-2/h5-8,10,21H,3-4H2,1-2H3. The summed E-state index contributed by atoms with van der Waals surface area (Å²) in [7, 11) is -2.38. The van der Waals surface area contributed by atoms with Gasteiger partial charge in [0.1, 0.15) is 10.6 Å². The second kappa shape index (κ2) is 6.81. The number of methoxy groups -OCH3 is 1. The van der Waals surface area contributed by atoms with E-state index in [-0.39, 0.29) is 10.6 Å². The van der Waals surface area contributed by atoms with E-state index in [1.54, 1.807) is 25.1 Å². The van der Waals surface area contributed by atoms with Crippen molar-refractivity contribution in [2.45, 2.75) is 30.6 Å². The highest BCUT2D eigenvalue weighted by Gasteiger charge is 2.30. The molecule has 2 aromatic heterocycles. The molecule has 1 aromatic carbocycles. The Morgan fingerprint density at radius 3 is 2.81 bits per heavy atom. The Morgan fingerprint density at radius 1 is 1.33 bits per heavy atom. The second-order valence-electron chi connectivity index (χ2n) is 6.21. The van der Waals surface area contributed by atoms with Crippen LogP contribution < -0.4 is 9.46 Å². The number of nitrogens with one attached hydrogen (secondary N) is 1. The summed E-state index contributed by atoms with van der Waals surface area (Å²) in [4.78, 5) is 5.80. The average molecular weight is 426 g/mol. The summed E-state index contributed by atoms with van der Waals surface area (Å²) in [5, 5.41) is 4.38. The summed E-state index contributed by atoms with van der Waals surface area (Å²) in [6, 6.07) is 6.28. The number of hydrogen-bond donors (Lipinski definition) is 1. The molecule has 3 aromatic rings. The number of thiophene rings is 1. The minimum atomic E-state index is -3.84. The third-order valence-corrected chi connectivity index (χ3v) is 7.06. The molecule has 2 heterocycles. The van der Waals surface area contributed by atoms with Gasteiger partial charge in [0.05, 0.1) is 17.7 Å². The van der Waals surface area contributed by atoms with Crippen molar-refractivity contribution < 1.29 is 17.7 Å². The van der Waals surface area contributed by atoms with Crippen molar-refractivity contribution in [2.75, 3.05) is 11.8 Å². The summed E-state index contributed by atoms with van der Waals surface area (Å²) < 4.78 is 38.8. The van der Waals surface area contributed by atoms with Gasteiger partial charge in [-0.1, -0.05) is 16.8 Å². The van der Waals surface area contributed by atoms with Crippen LogP contribution in [-0.2, 0) is 10.0 Å². The normalized spacial score (nSPS) is 14.3. The van der Waals surface area contributed by atoms with Crippen molar-refractivity contribution in [1.82, 2.24) is 10.1 Å². The largest absolute Gasteiger partial charge is 0.495 e. The molecule has 0 saturated heterocycles. The third kappa shape index (κ3) is 3.67. The molecule has 0 aliphatic heterocycles. The van der Waals surface area contributed by atoms with Crippen LogP contribution in [0.5, 0.6) is 5.75 Å². The predicted octanol–water partition coefficient (Wildman–Crippen LogP) is 4.45. The van der Waals surface area contributed by atoms with Crippen molar-refractivity contribution in [3.05, 3.63) is 40.1 Å². The zero-order valence-corrected chi connectivity index (χ0v) is 16.9. The molecular weight excluding hydrogens is 410 g/mol. The smallest absolute Gasteiger partial charge is 0.263 e. The minimum Gasteiger partial charge on any atom is -0.495 e.